The van der Waals surface area contributed by atoms with E-state index in [1.165, 1.54) is 12.1 Å². The van der Waals surface area contributed by atoms with Crippen molar-refractivity contribution in [3.8, 4) is 0 Å². The van der Waals surface area contributed by atoms with Gasteiger partial charge in [0.1, 0.15) is 0 Å². The van der Waals surface area contributed by atoms with Crippen LogP contribution in [0.3, 0.4) is 0 Å². The molecule has 0 aliphatic heterocycles. The first-order valence-electron chi connectivity index (χ1n) is 8.11. The number of hydrogen-bond acceptors (Lipinski definition) is 4. The van der Waals surface area contributed by atoms with Crippen LogP contribution in [0.5, 0.6) is 0 Å². The Labute approximate surface area is 152 Å². The first-order chi connectivity index (χ1) is 12.3. The molecule has 0 aliphatic carbocycles. The molecule has 0 spiro atoms. The molecule has 2 unspecified atom stereocenters. The zero-order valence-electron chi connectivity index (χ0n) is 14.0. The molecule has 0 saturated heterocycles. The van der Waals surface area contributed by atoms with Crippen LogP contribution < -0.4 is 0 Å². The Morgan fingerprint density at radius 2 is 1.42 bits per heavy atom. The molecular formula is C19H20O6S. The van der Waals surface area contributed by atoms with Gasteiger partial charge in [-0.05, 0) is 30.5 Å². The van der Waals surface area contributed by atoms with Crippen LogP contribution in [0.4, 0.5) is 0 Å². The van der Waals surface area contributed by atoms with E-state index in [0.717, 1.165) is 0 Å². The lowest BCUT2D eigenvalue weighted by molar-refractivity contribution is -0.143. The van der Waals surface area contributed by atoms with Crippen molar-refractivity contribution < 1.29 is 28.2 Å². The zero-order chi connectivity index (χ0) is 19.2. The highest BCUT2D eigenvalue weighted by atomic mass is 32.2. The van der Waals surface area contributed by atoms with Gasteiger partial charge in [-0.25, -0.2) is 8.42 Å². The van der Waals surface area contributed by atoms with Crippen molar-refractivity contribution in [3.05, 3.63) is 66.2 Å². The molecule has 0 aromatic heterocycles. The Kier molecular flexibility index (Phi) is 6.52. The Morgan fingerprint density at radius 1 is 0.885 bits per heavy atom. The molecule has 6 nitrogen and oxygen atoms in total. The molecule has 0 amide bonds. The second-order valence-electron chi connectivity index (χ2n) is 5.96. The maximum atomic E-state index is 13.1. The van der Waals surface area contributed by atoms with Crippen LogP contribution in [0.1, 0.15) is 30.1 Å². The molecule has 2 atom stereocenters. The van der Waals surface area contributed by atoms with E-state index in [4.69, 9.17) is 5.11 Å². The fourth-order valence-corrected chi connectivity index (χ4v) is 4.65. The third-order valence-electron chi connectivity index (χ3n) is 4.17. The summed E-state index contributed by atoms with van der Waals surface area (Å²) >= 11 is 0. The van der Waals surface area contributed by atoms with Gasteiger partial charge in [-0.2, -0.15) is 0 Å². The van der Waals surface area contributed by atoms with Crippen molar-refractivity contribution in [2.24, 2.45) is 5.92 Å². The van der Waals surface area contributed by atoms with E-state index in [9.17, 15) is 23.1 Å². The number of carboxylic acid groups (broad SMARTS) is 2. The van der Waals surface area contributed by atoms with Crippen molar-refractivity contribution in [3.63, 3.8) is 0 Å². The lowest BCUT2D eigenvalue weighted by Gasteiger charge is -2.22. The van der Waals surface area contributed by atoms with Gasteiger partial charge >= 0.3 is 11.9 Å². The molecular weight excluding hydrogens is 356 g/mol. The Morgan fingerprint density at radius 3 is 1.92 bits per heavy atom. The quantitative estimate of drug-likeness (QED) is 0.696. The van der Waals surface area contributed by atoms with Gasteiger partial charge in [0.2, 0.25) is 0 Å². The maximum absolute atomic E-state index is 13.1. The topological polar surface area (TPSA) is 109 Å². The SMILES string of the molecule is O=C(O)CCC(CC(c1ccccc1)S(=O)(=O)c1ccccc1)C(=O)O. The van der Waals surface area contributed by atoms with Crippen LogP contribution in [0, 0.1) is 5.92 Å². The third kappa shape index (κ3) is 4.92. The second-order valence-corrected chi connectivity index (χ2v) is 8.09. The van der Waals surface area contributed by atoms with E-state index in [2.05, 4.69) is 0 Å². The highest BCUT2D eigenvalue weighted by Gasteiger charge is 2.34. The van der Waals surface area contributed by atoms with E-state index in [1.54, 1.807) is 48.5 Å². The van der Waals surface area contributed by atoms with Gasteiger partial charge in [0.15, 0.2) is 9.84 Å². The summed E-state index contributed by atoms with van der Waals surface area (Å²) in [6, 6.07) is 16.3. The first kappa shape index (κ1) is 19.7. The van der Waals surface area contributed by atoms with Crippen LogP contribution in [-0.4, -0.2) is 30.6 Å². The van der Waals surface area contributed by atoms with Crippen LogP contribution in [0.2, 0.25) is 0 Å². The van der Waals surface area contributed by atoms with Crippen LogP contribution in [0.25, 0.3) is 0 Å². The van der Waals surface area contributed by atoms with Gasteiger partial charge in [0, 0.05) is 6.42 Å². The van der Waals surface area contributed by atoms with Crippen molar-refractivity contribution >= 4 is 21.8 Å². The zero-order valence-corrected chi connectivity index (χ0v) is 14.8. The average molecular weight is 376 g/mol. The van der Waals surface area contributed by atoms with Crippen LogP contribution in [0.15, 0.2) is 65.6 Å². The molecule has 26 heavy (non-hydrogen) atoms. The molecule has 0 heterocycles. The van der Waals surface area contributed by atoms with Crippen molar-refractivity contribution in [1.29, 1.82) is 0 Å². The number of carbonyl (C=O) groups is 2. The van der Waals surface area contributed by atoms with Gasteiger partial charge in [-0.3, -0.25) is 9.59 Å². The molecule has 138 valence electrons. The summed E-state index contributed by atoms with van der Waals surface area (Å²) in [5.41, 5.74) is 0.484. The Bertz CT molecular complexity index is 846. The molecule has 2 aromatic rings. The fourth-order valence-electron chi connectivity index (χ4n) is 2.78. The molecule has 0 bridgehead atoms. The van der Waals surface area contributed by atoms with E-state index >= 15 is 0 Å². The Balaban J connectivity index is 2.42. The fraction of sp³-hybridized carbons (Fsp3) is 0.263. The minimum absolute atomic E-state index is 0.108. The van der Waals surface area contributed by atoms with Gasteiger partial charge in [-0.1, -0.05) is 48.5 Å². The molecule has 0 aliphatic rings. The molecule has 2 aromatic carbocycles. The average Bonchev–Trinajstić information content (AvgIpc) is 2.62. The number of aliphatic carboxylic acids is 2. The summed E-state index contributed by atoms with van der Waals surface area (Å²) in [4.78, 5) is 22.5. The molecule has 2 N–H and O–H groups in total. The highest BCUT2D eigenvalue weighted by molar-refractivity contribution is 7.91. The van der Waals surface area contributed by atoms with Crippen LogP contribution in [-0.2, 0) is 19.4 Å². The van der Waals surface area contributed by atoms with Gasteiger partial charge in [0.05, 0.1) is 16.1 Å². The van der Waals surface area contributed by atoms with Gasteiger partial charge in [0.25, 0.3) is 0 Å². The van der Waals surface area contributed by atoms with Crippen LogP contribution >= 0.6 is 0 Å². The number of benzene rings is 2. The van der Waals surface area contributed by atoms with E-state index in [-0.39, 0.29) is 24.2 Å². The van der Waals surface area contributed by atoms with E-state index in [0.29, 0.717) is 5.56 Å². The normalized spacial score (nSPS) is 13.7. The largest absolute Gasteiger partial charge is 0.481 e. The number of hydrogen-bond donors (Lipinski definition) is 2. The maximum Gasteiger partial charge on any atom is 0.306 e. The minimum Gasteiger partial charge on any atom is -0.481 e. The van der Waals surface area contributed by atoms with Crippen molar-refractivity contribution in [1.82, 2.24) is 0 Å². The van der Waals surface area contributed by atoms with E-state index < -0.39 is 32.9 Å². The number of sulfone groups is 1. The summed E-state index contributed by atoms with van der Waals surface area (Å²) < 4.78 is 26.2. The summed E-state index contributed by atoms with van der Waals surface area (Å²) in [6.07, 6.45) is -0.647. The minimum atomic E-state index is -3.83. The predicted molar refractivity (Wildman–Crippen MR) is 95.4 cm³/mol. The molecule has 0 radical (unpaired) electrons. The molecule has 0 fully saturated rings. The number of rotatable bonds is 9. The first-order valence-corrected chi connectivity index (χ1v) is 9.65. The van der Waals surface area contributed by atoms with Gasteiger partial charge in [-0.15, -0.1) is 0 Å². The third-order valence-corrected chi connectivity index (χ3v) is 6.32. The van der Waals surface area contributed by atoms with Crippen molar-refractivity contribution in [2.45, 2.75) is 29.4 Å². The summed E-state index contributed by atoms with van der Waals surface area (Å²) in [5.74, 6) is -3.39. The van der Waals surface area contributed by atoms with Crippen molar-refractivity contribution in [2.75, 3.05) is 0 Å². The second kappa shape index (κ2) is 8.62. The Hall–Kier alpha value is -2.67. The predicted octanol–water partition coefficient (Wildman–Crippen LogP) is 3.16. The summed E-state index contributed by atoms with van der Waals surface area (Å²) in [5, 5.41) is 17.2. The molecule has 2 rings (SSSR count). The van der Waals surface area contributed by atoms with Gasteiger partial charge < -0.3 is 10.2 Å². The summed E-state index contributed by atoms with van der Waals surface area (Å²) in [6.45, 7) is 0. The standard InChI is InChI=1S/C19H20O6S/c20-18(21)12-11-15(19(22)23)13-17(14-7-3-1-4-8-14)26(24,25)16-9-5-2-6-10-16/h1-10,15,17H,11-13H2,(H,20,21)(H,22,23). The summed E-state index contributed by atoms with van der Waals surface area (Å²) in [7, 11) is -3.83. The molecule has 0 saturated carbocycles. The van der Waals surface area contributed by atoms with E-state index in [1.807, 2.05) is 0 Å². The lowest BCUT2D eigenvalue weighted by Crippen LogP contribution is -2.23. The highest BCUT2D eigenvalue weighted by Crippen LogP contribution is 2.35. The monoisotopic (exact) mass is 376 g/mol. The number of carboxylic acids is 2. The lowest BCUT2D eigenvalue weighted by atomic mass is 9.95. The molecule has 7 heteroatoms. The smallest absolute Gasteiger partial charge is 0.306 e.